The van der Waals surface area contributed by atoms with E-state index in [1.165, 1.54) is 6.33 Å². The van der Waals surface area contributed by atoms with Crippen molar-refractivity contribution in [2.45, 2.75) is 13.8 Å². The van der Waals surface area contributed by atoms with Crippen LogP contribution in [0.2, 0.25) is 5.02 Å². The third-order valence-electron chi connectivity index (χ3n) is 3.73. The number of halogens is 1. The van der Waals surface area contributed by atoms with E-state index in [-0.39, 0.29) is 12.5 Å². The smallest absolute Gasteiger partial charge is 0.243 e. The van der Waals surface area contributed by atoms with Gasteiger partial charge in [-0.3, -0.25) is 4.79 Å². The fourth-order valence-corrected chi connectivity index (χ4v) is 2.61. The molecule has 0 saturated carbocycles. The highest BCUT2D eigenvalue weighted by Gasteiger charge is 2.10. The summed E-state index contributed by atoms with van der Waals surface area (Å²) >= 11 is 6.06. The average molecular weight is 356 g/mol. The second kappa shape index (κ2) is 7.36. The first-order valence-electron chi connectivity index (χ1n) is 7.78. The number of aromatic nitrogens is 3. The monoisotopic (exact) mass is 355 g/mol. The summed E-state index contributed by atoms with van der Waals surface area (Å²) in [6.45, 7) is 4.16. The minimum atomic E-state index is -0.176. The number of aryl methyl sites for hydroxylation is 2. The SMILES string of the molecule is Cc1ccc(C)c(NCC(=O)Nc2cc(Cl)ccc2-n2cncn2)c1. The number of anilines is 2. The first kappa shape index (κ1) is 17.0. The maximum absolute atomic E-state index is 12.4. The molecule has 0 unspecified atom stereocenters. The lowest BCUT2D eigenvalue weighted by molar-refractivity contribution is -0.114. The summed E-state index contributed by atoms with van der Waals surface area (Å²) in [6, 6.07) is 11.3. The van der Waals surface area contributed by atoms with Crippen LogP contribution in [0.3, 0.4) is 0 Å². The van der Waals surface area contributed by atoms with Crippen LogP contribution in [0.5, 0.6) is 0 Å². The van der Waals surface area contributed by atoms with Gasteiger partial charge >= 0.3 is 0 Å². The summed E-state index contributed by atoms with van der Waals surface area (Å²) < 4.78 is 1.57. The fourth-order valence-electron chi connectivity index (χ4n) is 2.44. The molecule has 0 aliphatic carbocycles. The molecule has 1 heterocycles. The third kappa shape index (κ3) is 4.16. The van der Waals surface area contributed by atoms with Gasteiger partial charge in [0.15, 0.2) is 0 Å². The molecule has 6 nitrogen and oxygen atoms in total. The fraction of sp³-hybridized carbons (Fsp3) is 0.167. The van der Waals surface area contributed by atoms with Crippen LogP contribution >= 0.6 is 11.6 Å². The van der Waals surface area contributed by atoms with Crippen LogP contribution in [0.15, 0.2) is 49.1 Å². The minimum absolute atomic E-state index is 0.146. The van der Waals surface area contributed by atoms with Gasteiger partial charge in [-0.15, -0.1) is 0 Å². The van der Waals surface area contributed by atoms with Crippen molar-refractivity contribution in [3.63, 3.8) is 0 Å². The predicted molar refractivity (Wildman–Crippen MR) is 99.4 cm³/mol. The predicted octanol–water partition coefficient (Wildman–Crippen LogP) is 3.59. The number of hydrogen-bond acceptors (Lipinski definition) is 4. The Kier molecular flexibility index (Phi) is 5.00. The summed E-state index contributed by atoms with van der Waals surface area (Å²) in [5.74, 6) is -0.176. The van der Waals surface area contributed by atoms with Crippen LogP contribution in [-0.4, -0.2) is 27.2 Å². The number of benzene rings is 2. The van der Waals surface area contributed by atoms with Gasteiger partial charge in [0.05, 0.1) is 17.9 Å². The molecule has 2 N–H and O–H groups in total. The molecule has 25 heavy (non-hydrogen) atoms. The molecule has 0 saturated heterocycles. The molecule has 1 aromatic heterocycles. The Hall–Kier alpha value is -2.86. The van der Waals surface area contributed by atoms with E-state index in [1.54, 1.807) is 29.2 Å². The lowest BCUT2D eigenvalue weighted by atomic mass is 10.1. The molecule has 128 valence electrons. The van der Waals surface area contributed by atoms with Crippen LogP contribution in [0.25, 0.3) is 5.69 Å². The molecule has 0 atom stereocenters. The summed E-state index contributed by atoms with van der Waals surface area (Å²) in [7, 11) is 0. The number of hydrogen-bond donors (Lipinski definition) is 2. The number of rotatable bonds is 5. The Labute approximate surface area is 150 Å². The van der Waals surface area contributed by atoms with Crippen LogP contribution in [-0.2, 0) is 4.79 Å². The van der Waals surface area contributed by atoms with E-state index in [0.29, 0.717) is 16.4 Å². The summed E-state index contributed by atoms with van der Waals surface area (Å²) in [6.07, 6.45) is 3.00. The second-order valence-corrected chi connectivity index (χ2v) is 6.16. The molecular formula is C18H18ClN5O. The number of carbonyl (C=O) groups excluding carboxylic acids is 1. The highest BCUT2D eigenvalue weighted by molar-refractivity contribution is 6.31. The summed E-state index contributed by atoms with van der Waals surface area (Å²) in [4.78, 5) is 16.3. The third-order valence-corrected chi connectivity index (χ3v) is 3.97. The van der Waals surface area contributed by atoms with Gasteiger partial charge in [0.25, 0.3) is 0 Å². The van der Waals surface area contributed by atoms with Crippen LogP contribution in [0, 0.1) is 13.8 Å². The van der Waals surface area contributed by atoms with Gasteiger partial charge < -0.3 is 10.6 Å². The van der Waals surface area contributed by atoms with E-state index in [4.69, 9.17) is 11.6 Å². The highest BCUT2D eigenvalue weighted by atomic mass is 35.5. The number of nitrogens with zero attached hydrogens (tertiary/aromatic N) is 3. The van der Waals surface area contributed by atoms with Crippen molar-refractivity contribution in [1.82, 2.24) is 14.8 Å². The maximum atomic E-state index is 12.4. The van der Waals surface area contributed by atoms with E-state index >= 15 is 0 Å². The topological polar surface area (TPSA) is 71.8 Å². The minimum Gasteiger partial charge on any atom is -0.376 e. The summed E-state index contributed by atoms with van der Waals surface area (Å²) in [5.41, 5.74) is 4.44. The van der Waals surface area contributed by atoms with Crippen LogP contribution in [0.4, 0.5) is 11.4 Å². The van der Waals surface area contributed by atoms with Crippen molar-refractivity contribution in [1.29, 1.82) is 0 Å². The van der Waals surface area contributed by atoms with Gasteiger partial charge in [-0.05, 0) is 49.2 Å². The van der Waals surface area contributed by atoms with E-state index in [2.05, 4.69) is 20.7 Å². The van der Waals surface area contributed by atoms with Gasteiger partial charge in [0.2, 0.25) is 5.91 Å². The molecule has 3 rings (SSSR count). The molecule has 3 aromatic rings. The standard InChI is InChI=1S/C18H18ClN5O/c1-12-3-4-13(2)15(7-12)21-9-18(25)23-16-8-14(19)5-6-17(16)24-11-20-10-22-24/h3-8,10-11,21H,9H2,1-2H3,(H,23,25). The molecule has 0 aliphatic rings. The first-order chi connectivity index (χ1) is 12.0. The normalized spacial score (nSPS) is 10.5. The Morgan fingerprint density at radius 2 is 2.00 bits per heavy atom. The molecule has 0 radical (unpaired) electrons. The van der Waals surface area contributed by atoms with Gasteiger partial charge in [-0.25, -0.2) is 9.67 Å². The molecule has 0 spiro atoms. The lowest BCUT2D eigenvalue weighted by Gasteiger charge is -2.13. The van der Waals surface area contributed by atoms with Crippen molar-refractivity contribution in [2.24, 2.45) is 0 Å². The molecule has 2 aromatic carbocycles. The van der Waals surface area contributed by atoms with Crippen molar-refractivity contribution < 1.29 is 4.79 Å². The Morgan fingerprint density at radius 3 is 2.76 bits per heavy atom. The highest BCUT2D eigenvalue weighted by Crippen LogP contribution is 2.24. The Bertz CT molecular complexity index is 892. The zero-order chi connectivity index (χ0) is 17.8. The maximum Gasteiger partial charge on any atom is 0.243 e. The van der Waals surface area contributed by atoms with Crippen molar-refractivity contribution in [3.05, 3.63) is 65.2 Å². The number of nitrogens with one attached hydrogen (secondary N) is 2. The van der Waals surface area contributed by atoms with Crippen molar-refractivity contribution in [3.8, 4) is 5.69 Å². The van der Waals surface area contributed by atoms with Crippen LogP contribution < -0.4 is 10.6 Å². The molecule has 0 fully saturated rings. The largest absolute Gasteiger partial charge is 0.376 e. The van der Waals surface area contributed by atoms with E-state index in [9.17, 15) is 4.79 Å². The number of carbonyl (C=O) groups is 1. The molecule has 7 heteroatoms. The van der Waals surface area contributed by atoms with Crippen LogP contribution in [0.1, 0.15) is 11.1 Å². The van der Waals surface area contributed by atoms with Crippen molar-refractivity contribution >= 4 is 28.9 Å². The Morgan fingerprint density at radius 1 is 1.16 bits per heavy atom. The van der Waals surface area contributed by atoms with Gasteiger partial charge in [0.1, 0.15) is 12.7 Å². The Balaban J connectivity index is 1.73. The molecule has 1 amide bonds. The van der Waals surface area contributed by atoms with E-state index < -0.39 is 0 Å². The molecule has 0 bridgehead atoms. The van der Waals surface area contributed by atoms with E-state index in [1.807, 2.05) is 32.0 Å². The first-order valence-corrected chi connectivity index (χ1v) is 8.16. The second-order valence-electron chi connectivity index (χ2n) is 5.72. The molecular weight excluding hydrogens is 338 g/mol. The number of amides is 1. The lowest BCUT2D eigenvalue weighted by Crippen LogP contribution is -2.23. The summed E-state index contributed by atoms with van der Waals surface area (Å²) in [5, 5.41) is 10.7. The van der Waals surface area contributed by atoms with Crippen molar-refractivity contribution in [2.75, 3.05) is 17.2 Å². The van der Waals surface area contributed by atoms with Gasteiger partial charge in [-0.2, -0.15) is 5.10 Å². The van der Waals surface area contributed by atoms with Gasteiger partial charge in [-0.1, -0.05) is 23.7 Å². The average Bonchev–Trinajstić information content (AvgIpc) is 3.10. The zero-order valence-corrected chi connectivity index (χ0v) is 14.7. The van der Waals surface area contributed by atoms with Gasteiger partial charge in [0, 0.05) is 10.7 Å². The molecule has 0 aliphatic heterocycles. The quantitative estimate of drug-likeness (QED) is 0.733. The zero-order valence-electron chi connectivity index (χ0n) is 14.0. The van der Waals surface area contributed by atoms with E-state index in [0.717, 1.165) is 16.8 Å².